The highest BCUT2D eigenvalue weighted by Crippen LogP contribution is 2.66. The van der Waals surface area contributed by atoms with Crippen LogP contribution >= 0.6 is 0 Å². The Morgan fingerprint density at radius 2 is 2.00 bits per heavy atom. The van der Waals surface area contributed by atoms with Crippen molar-refractivity contribution >= 4 is 5.78 Å². The van der Waals surface area contributed by atoms with Crippen molar-refractivity contribution in [2.45, 2.75) is 65.5 Å². The van der Waals surface area contributed by atoms with Crippen LogP contribution in [0.15, 0.2) is 23.8 Å². The number of fused-ring (bicyclic) bond motifs is 5. The van der Waals surface area contributed by atoms with E-state index in [2.05, 4.69) is 26.8 Å². The van der Waals surface area contributed by atoms with Gasteiger partial charge in [0.2, 0.25) is 0 Å². The molecule has 0 bridgehead atoms. The van der Waals surface area contributed by atoms with Gasteiger partial charge in [0.05, 0.1) is 0 Å². The van der Waals surface area contributed by atoms with Gasteiger partial charge in [0.25, 0.3) is 0 Å². The predicted octanol–water partition coefficient (Wildman–Crippen LogP) is 5.27. The van der Waals surface area contributed by atoms with E-state index in [0.717, 1.165) is 17.9 Å². The molecule has 1 nitrogen and oxygen atoms in total. The van der Waals surface area contributed by atoms with Gasteiger partial charge in [-0.15, -0.1) is 0 Å². The maximum absolute atomic E-state index is 15.3. The number of hydrogen-bond donors (Lipinski definition) is 0. The van der Waals surface area contributed by atoms with E-state index in [1.165, 1.54) is 25.7 Å². The summed E-state index contributed by atoms with van der Waals surface area (Å²) < 4.78 is 15.3. The van der Waals surface area contributed by atoms with E-state index >= 15 is 4.39 Å². The van der Waals surface area contributed by atoms with Crippen LogP contribution in [0.3, 0.4) is 0 Å². The van der Waals surface area contributed by atoms with Crippen LogP contribution in [-0.2, 0) is 4.79 Å². The third-order valence-corrected chi connectivity index (χ3v) is 8.23. The van der Waals surface area contributed by atoms with E-state index in [9.17, 15) is 4.79 Å². The van der Waals surface area contributed by atoms with Gasteiger partial charge in [-0.3, -0.25) is 4.79 Å². The molecule has 0 aliphatic heterocycles. The van der Waals surface area contributed by atoms with Gasteiger partial charge in [-0.1, -0.05) is 38.8 Å². The molecule has 1 unspecified atom stereocenters. The van der Waals surface area contributed by atoms with Gasteiger partial charge < -0.3 is 0 Å². The second-order valence-corrected chi connectivity index (χ2v) is 8.93. The lowest BCUT2D eigenvalue weighted by atomic mass is 9.47. The molecule has 0 heterocycles. The van der Waals surface area contributed by atoms with Gasteiger partial charge in [0, 0.05) is 11.8 Å². The fraction of sp³-hybridized carbons (Fsp3) is 0.762. The summed E-state index contributed by atoms with van der Waals surface area (Å²) in [4.78, 5) is 11.8. The summed E-state index contributed by atoms with van der Waals surface area (Å²) in [6, 6.07) is 0. The van der Waals surface area contributed by atoms with Crippen molar-refractivity contribution in [3.8, 4) is 0 Å². The fourth-order valence-corrected chi connectivity index (χ4v) is 6.90. The standard InChI is InChI=1S/C21H29FO/c1-4-13-5-6-16-19-17(8-10-20(13,16)2)21(3)9-7-15(23)11-14(21)12-18(19)22/h7,9,11,13,16-19H,4-6,8,10,12H2,1-3H3/t13-,16-,17-,18?,19-,20+,21-/m0/s1. The van der Waals surface area contributed by atoms with Gasteiger partial charge >= 0.3 is 0 Å². The molecule has 7 atom stereocenters. The van der Waals surface area contributed by atoms with E-state index in [0.29, 0.717) is 23.7 Å². The highest BCUT2D eigenvalue weighted by atomic mass is 19.1. The van der Waals surface area contributed by atoms with Crippen LogP contribution in [0.25, 0.3) is 0 Å². The van der Waals surface area contributed by atoms with Crippen LogP contribution in [-0.4, -0.2) is 12.0 Å². The number of alkyl halides is 1. The van der Waals surface area contributed by atoms with Crippen LogP contribution in [0.1, 0.15) is 59.3 Å². The fourth-order valence-electron chi connectivity index (χ4n) is 6.90. The Hall–Kier alpha value is -0.920. The molecule has 3 saturated carbocycles. The van der Waals surface area contributed by atoms with Crippen LogP contribution in [0.5, 0.6) is 0 Å². The first kappa shape index (κ1) is 15.6. The van der Waals surface area contributed by atoms with Gasteiger partial charge in [0.15, 0.2) is 5.78 Å². The van der Waals surface area contributed by atoms with Crippen molar-refractivity contribution in [2.75, 3.05) is 0 Å². The normalized spacial score (nSPS) is 51.7. The summed E-state index contributed by atoms with van der Waals surface area (Å²) >= 11 is 0. The zero-order chi connectivity index (χ0) is 16.4. The molecule has 0 aromatic rings. The number of hydrogen-bond acceptors (Lipinski definition) is 1. The quantitative estimate of drug-likeness (QED) is 0.644. The predicted molar refractivity (Wildman–Crippen MR) is 90.7 cm³/mol. The van der Waals surface area contributed by atoms with Gasteiger partial charge in [-0.2, -0.15) is 0 Å². The largest absolute Gasteiger partial charge is 0.290 e. The number of allylic oxidation sites excluding steroid dienone is 4. The van der Waals surface area contributed by atoms with E-state index in [1.54, 1.807) is 12.2 Å². The minimum atomic E-state index is -0.765. The highest BCUT2D eigenvalue weighted by molar-refractivity contribution is 6.01. The first-order chi connectivity index (χ1) is 10.9. The SMILES string of the molecule is CC[C@H]1CC[C@H]2[C@@H]3C(F)CC4=CC(=O)C=C[C@]4(C)[C@H]3CC[C@]12C. The van der Waals surface area contributed by atoms with Crippen molar-refractivity contribution in [1.29, 1.82) is 0 Å². The van der Waals surface area contributed by atoms with Crippen LogP contribution in [0, 0.1) is 34.5 Å². The molecule has 0 amide bonds. The van der Waals surface area contributed by atoms with Gasteiger partial charge in [-0.25, -0.2) is 4.39 Å². The molecule has 0 saturated heterocycles. The smallest absolute Gasteiger partial charge is 0.178 e. The van der Waals surface area contributed by atoms with Crippen molar-refractivity contribution in [3.05, 3.63) is 23.8 Å². The van der Waals surface area contributed by atoms with Crippen LogP contribution in [0.2, 0.25) is 0 Å². The number of rotatable bonds is 1. The zero-order valence-electron chi connectivity index (χ0n) is 14.6. The van der Waals surface area contributed by atoms with E-state index in [4.69, 9.17) is 0 Å². The average molecular weight is 316 g/mol. The Morgan fingerprint density at radius 1 is 1.22 bits per heavy atom. The highest BCUT2D eigenvalue weighted by Gasteiger charge is 2.60. The summed E-state index contributed by atoms with van der Waals surface area (Å²) in [6.45, 7) is 6.99. The topological polar surface area (TPSA) is 17.1 Å². The lowest BCUT2D eigenvalue weighted by molar-refractivity contribution is -0.111. The summed E-state index contributed by atoms with van der Waals surface area (Å²) in [5.74, 6) is 1.90. The van der Waals surface area contributed by atoms with E-state index < -0.39 is 6.17 Å². The molecule has 126 valence electrons. The summed E-state index contributed by atoms with van der Waals surface area (Å²) in [5.41, 5.74) is 1.30. The number of carbonyl (C=O) groups is 1. The third-order valence-electron chi connectivity index (χ3n) is 8.23. The van der Waals surface area contributed by atoms with E-state index in [-0.39, 0.29) is 17.1 Å². The maximum Gasteiger partial charge on any atom is 0.178 e. The summed E-state index contributed by atoms with van der Waals surface area (Å²) in [6.07, 6.45) is 11.3. The molecule has 23 heavy (non-hydrogen) atoms. The number of carbonyl (C=O) groups excluding carboxylic acids is 1. The lowest BCUT2D eigenvalue weighted by Gasteiger charge is -2.58. The van der Waals surface area contributed by atoms with Crippen molar-refractivity contribution < 1.29 is 9.18 Å². The molecule has 0 aromatic heterocycles. The zero-order valence-corrected chi connectivity index (χ0v) is 14.6. The summed E-state index contributed by atoms with van der Waals surface area (Å²) in [5, 5.41) is 0. The molecule has 4 aliphatic carbocycles. The number of ketones is 1. The molecule has 0 N–H and O–H groups in total. The molecule has 2 heteroatoms. The molecule has 4 rings (SSSR count). The first-order valence-corrected chi connectivity index (χ1v) is 9.48. The monoisotopic (exact) mass is 316 g/mol. The summed E-state index contributed by atoms with van der Waals surface area (Å²) in [7, 11) is 0. The molecule has 0 aromatic carbocycles. The third kappa shape index (κ3) is 1.99. The average Bonchev–Trinajstić information content (AvgIpc) is 2.85. The van der Waals surface area contributed by atoms with Crippen LogP contribution in [0.4, 0.5) is 4.39 Å². The van der Waals surface area contributed by atoms with Gasteiger partial charge in [0.1, 0.15) is 6.17 Å². The lowest BCUT2D eigenvalue weighted by Crippen LogP contribution is -2.53. The Bertz CT molecular complexity index is 591. The maximum atomic E-state index is 15.3. The van der Waals surface area contributed by atoms with Crippen molar-refractivity contribution in [1.82, 2.24) is 0 Å². The molecule has 3 fully saturated rings. The molecular formula is C21H29FO. The molecule has 0 radical (unpaired) electrons. The number of halogens is 1. The van der Waals surface area contributed by atoms with E-state index in [1.807, 2.05) is 0 Å². The Labute approximate surface area is 139 Å². The molecule has 0 spiro atoms. The van der Waals surface area contributed by atoms with Crippen molar-refractivity contribution in [2.24, 2.45) is 34.5 Å². The van der Waals surface area contributed by atoms with Gasteiger partial charge in [-0.05, 0) is 66.9 Å². The second-order valence-electron chi connectivity index (χ2n) is 8.93. The minimum Gasteiger partial charge on any atom is -0.290 e. The Balaban J connectivity index is 1.73. The first-order valence-electron chi connectivity index (χ1n) is 9.48. The molecule has 4 aliphatic rings. The Kier molecular flexibility index (Phi) is 3.42. The van der Waals surface area contributed by atoms with Crippen LogP contribution < -0.4 is 0 Å². The van der Waals surface area contributed by atoms with Crippen molar-refractivity contribution in [3.63, 3.8) is 0 Å². The minimum absolute atomic E-state index is 0.0377. The second kappa shape index (κ2) is 5.04. The molecular weight excluding hydrogens is 287 g/mol. The Morgan fingerprint density at radius 3 is 2.74 bits per heavy atom.